The molecule has 0 bridgehead atoms. The molecule has 0 aliphatic rings. The Labute approximate surface area is 110 Å². The van der Waals surface area contributed by atoms with Crippen LogP contribution in [0.3, 0.4) is 0 Å². The average Bonchev–Trinajstić information content (AvgIpc) is 2.34. The summed E-state index contributed by atoms with van der Waals surface area (Å²) in [5, 5.41) is 3.93. The van der Waals surface area contributed by atoms with Crippen molar-refractivity contribution in [2.45, 2.75) is 4.90 Å². The largest absolute Gasteiger partial charge is 0.397 e. The van der Waals surface area contributed by atoms with Crippen molar-refractivity contribution >= 4 is 40.4 Å². The highest BCUT2D eigenvalue weighted by atomic mass is 35.5. The molecule has 17 heavy (non-hydrogen) atoms. The lowest BCUT2D eigenvalue weighted by molar-refractivity contribution is 1.44. The van der Waals surface area contributed by atoms with Crippen molar-refractivity contribution in [2.24, 2.45) is 0 Å². The van der Waals surface area contributed by atoms with Crippen molar-refractivity contribution in [3.8, 4) is 0 Å². The molecule has 0 amide bonds. The summed E-state index contributed by atoms with van der Waals surface area (Å²) >= 11 is 7.65. The molecule has 0 aliphatic heterocycles. The van der Waals surface area contributed by atoms with Crippen molar-refractivity contribution in [3.63, 3.8) is 0 Å². The summed E-state index contributed by atoms with van der Waals surface area (Å²) in [7, 11) is 0. The monoisotopic (exact) mass is 264 g/mol. The number of benzene rings is 2. The first-order valence-corrected chi connectivity index (χ1v) is 6.75. The first kappa shape index (κ1) is 12.1. The third-order valence-electron chi connectivity index (χ3n) is 2.36. The first-order chi connectivity index (χ1) is 8.19. The lowest BCUT2D eigenvalue weighted by atomic mass is 10.2. The zero-order chi connectivity index (χ0) is 12.3. The molecule has 0 fully saturated rings. The predicted molar refractivity (Wildman–Crippen MR) is 77.4 cm³/mol. The molecule has 0 atom stereocenters. The lowest BCUT2D eigenvalue weighted by Crippen LogP contribution is -1.96. The van der Waals surface area contributed by atoms with Gasteiger partial charge in [0.05, 0.1) is 11.4 Å². The Hall–Kier alpha value is -1.32. The fraction of sp³-hybridized carbons (Fsp3) is 0.0769. The van der Waals surface area contributed by atoms with Gasteiger partial charge in [-0.3, -0.25) is 0 Å². The van der Waals surface area contributed by atoms with Gasteiger partial charge < -0.3 is 11.1 Å². The van der Waals surface area contributed by atoms with Crippen LogP contribution in [0.15, 0.2) is 47.4 Å². The second kappa shape index (κ2) is 5.34. The maximum atomic E-state index is 5.94. The van der Waals surface area contributed by atoms with Gasteiger partial charge in [0.15, 0.2) is 0 Å². The van der Waals surface area contributed by atoms with Gasteiger partial charge in [0.25, 0.3) is 0 Å². The molecular weight excluding hydrogens is 252 g/mol. The SMILES string of the molecule is CSc1cccc(Nc2cc(Cl)ccc2N)c1. The lowest BCUT2D eigenvalue weighted by Gasteiger charge is -2.10. The van der Waals surface area contributed by atoms with Crippen LogP contribution < -0.4 is 11.1 Å². The van der Waals surface area contributed by atoms with E-state index in [0.29, 0.717) is 10.7 Å². The summed E-state index contributed by atoms with van der Waals surface area (Å²) in [6.07, 6.45) is 2.05. The van der Waals surface area contributed by atoms with Gasteiger partial charge in [-0.2, -0.15) is 0 Å². The molecule has 4 heteroatoms. The number of rotatable bonds is 3. The van der Waals surface area contributed by atoms with E-state index in [1.165, 1.54) is 4.90 Å². The zero-order valence-corrected chi connectivity index (χ0v) is 11.0. The molecule has 0 unspecified atom stereocenters. The van der Waals surface area contributed by atoms with Crippen molar-refractivity contribution in [3.05, 3.63) is 47.5 Å². The standard InChI is InChI=1S/C13H13ClN2S/c1-17-11-4-2-3-10(8-11)16-13-7-9(14)5-6-12(13)15/h2-8,16H,15H2,1H3. The normalized spacial score (nSPS) is 10.2. The molecule has 3 N–H and O–H groups in total. The van der Waals surface area contributed by atoms with Gasteiger partial charge in [-0.25, -0.2) is 0 Å². The Balaban J connectivity index is 2.27. The number of nitrogens with two attached hydrogens (primary N) is 1. The second-order valence-electron chi connectivity index (χ2n) is 3.59. The van der Waals surface area contributed by atoms with Crippen molar-refractivity contribution in [1.82, 2.24) is 0 Å². The van der Waals surface area contributed by atoms with Gasteiger partial charge in [0.1, 0.15) is 0 Å². The average molecular weight is 265 g/mol. The minimum atomic E-state index is 0.669. The Bertz CT molecular complexity index is 529. The summed E-state index contributed by atoms with van der Waals surface area (Å²) in [5.74, 6) is 0. The third kappa shape index (κ3) is 3.08. The van der Waals surface area contributed by atoms with Crippen molar-refractivity contribution in [2.75, 3.05) is 17.3 Å². The van der Waals surface area contributed by atoms with Crippen molar-refractivity contribution < 1.29 is 0 Å². The summed E-state index contributed by atoms with van der Waals surface area (Å²) in [6.45, 7) is 0. The highest BCUT2D eigenvalue weighted by Gasteiger charge is 2.01. The maximum Gasteiger partial charge on any atom is 0.0632 e. The van der Waals surface area contributed by atoms with E-state index >= 15 is 0 Å². The summed E-state index contributed by atoms with van der Waals surface area (Å²) in [5.41, 5.74) is 8.40. The molecule has 0 saturated carbocycles. The molecule has 2 nitrogen and oxygen atoms in total. The van der Waals surface area contributed by atoms with Crippen LogP contribution in [-0.2, 0) is 0 Å². The topological polar surface area (TPSA) is 38.0 Å². The van der Waals surface area contributed by atoms with Crippen molar-refractivity contribution in [1.29, 1.82) is 0 Å². The summed E-state index contributed by atoms with van der Waals surface area (Å²) in [4.78, 5) is 1.20. The van der Waals surface area contributed by atoms with E-state index in [9.17, 15) is 0 Å². The van der Waals surface area contributed by atoms with Crippen LogP contribution in [0.5, 0.6) is 0 Å². The van der Waals surface area contributed by atoms with E-state index in [4.69, 9.17) is 17.3 Å². The second-order valence-corrected chi connectivity index (χ2v) is 4.90. The Morgan fingerprint density at radius 3 is 2.76 bits per heavy atom. The molecule has 0 spiro atoms. The minimum Gasteiger partial charge on any atom is -0.397 e. The predicted octanol–water partition coefficient (Wildman–Crippen LogP) is 4.39. The van der Waals surface area contributed by atoms with Gasteiger partial charge in [0.2, 0.25) is 0 Å². The molecule has 0 aliphatic carbocycles. The number of nitrogens with one attached hydrogen (secondary N) is 1. The Kier molecular flexibility index (Phi) is 3.82. The van der Waals surface area contributed by atoms with E-state index in [1.807, 2.05) is 24.5 Å². The quantitative estimate of drug-likeness (QED) is 0.638. The zero-order valence-electron chi connectivity index (χ0n) is 9.41. The molecule has 2 aromatic rings. The number of hydrogen-bond acceptors (Lipinski definition) is 3. The maximum absolute atomic E-state index is 5.94. The number of thioether (sulfide) groups is 1. The van der Waals surface area contributed by atoms with E-state index in [0.717, 1.165) is 11.4 Å². The number of halogens is 1. The van der Waals surface area contributed by atoms with Crippen LogP contribution >= 0.6 is 23.4 Å². The molecule has 0 aromatic heterocycles. The fourth-order valence-electron chi connectivity index (χ4n) is 1.49. The molecule has 0 saturated heterocycles. The van der Waals surface area contributed by atoms with Crippen LogP contribution in [0, 0.1) is 0 Å². The van der Waals surface area contributed by atoms with Crippen LogP contribution in [0.2, 0.25) is 5.02 Å². The van der Waals surface area contributed by atoms with Crippen LogP contribution in [0.1, 0.15) is 0 Å². The smallest absolute Gasteiger partial charge is 0.0632 e. The van der Waals surface area contributed by atoms with Crippen LogP contribution in [0.25, 0.3) is 0 Å². The van der Waals surface area contributed by atoms with Gasteiger partial charge in [-0.15, -0.1) is 11.8 Å². The van der Waals surface area contributed by atoms with E-state index in [1.54, 1.807) is 23.9 Å². The highest BCUT2D eigenvalue weighted by Crippen LogP contribution is 2.28. The molecule has 0 radical (unpaired) electrons. The molecule has 88 valence electrons. The molecule has 0 heterocycles. The Morgan fingerprint density at radius 1 is 1.18 bits per heavy atom. The number of nitrogen functional groups attached to an aromatic ring is 1. The third-order valence-corrected chi connectivity index (χ3v) is 3.32. The van der Waals surface area contributed by atoms with E-state index in [2.05, 4.69) is 17.4 Å². The number of hydrogen-bond donors (Lipinski definition) is 2. The number of anilines is 3. The van der Waals surface area contributed by atoms with Crippen LogP contribution in [0.4, 0.5) is 17.1 Å². The van der Waals surface area contributed by atoms with Gasteiger partial charge >= 0.3 is 0 Å². The van der Waals surface area contributed by atoms with Gasteiger partial charge in [0, 0.05) is 15.6 Å². The van der Waals surface area contributed by atoms with Crippen LogP contribution in [-0.4, -0.2) is 6.26 Å². The fourth-order valence-corrected chi connectivity index (χ4v) is 2.12. The van der Waals surface area contributed by atoms with Gasteiger partial charge in [-0.1, -0.05) is 17.7 Å². The summed E-state index contributed by atoms with van der Waals surface area (Å²) < 4.78 is 0. The molecule has 2 aromatic carbocycles. The van der Waals surface area contributed by atoms with Gasteiger partial charge in [-0.05, 0) is 42.7 Å². The molecule has 2 rings (SSSR count). The summed E-state index contributed by atoms with van der Waals surface area (Å²) in [6, 6.07) is 13.5. The first-order valence-electron chi connectivity index (χ1n) is 5.15. The highest BCUT2D eigenvalue weighted by molar-refractivity contribution is 7.98. The van der Waals surface area contributed by atoms with E-state index < -0.39 is 0 Å². The van der Waals surface area contributed by atoms with E-state index in [-0.39, 0.29) is 0 Å². The molecular formula is C13H13ClN2S. The Morgan fingerprint density at radius 2 is 2.00 bits per heavy atom. The minimum absolute atomic E-state index is 0.669.